The van der Waals surface area contributed by atoms with Crippen molar-refractivity contribution in [2.24, 2.45) is 5.10 Å². The molecule has 17 heavy (non-hydrogen) atoms. The van der Waals surface area contributed by atoms with Crippen LogP contribution in [-0.2, 0) is 0 Å². The number of nitrogens with one attached hydrogen (secondary N) is 1. The van der Waals surface area contributed by atoms with Crippen molar-refractivity contribution >= 4 is 5.71 Å². The predicted octanol–water partition coefficient (Wildman–Crippen LogP) is 0.919. The lowest BCUT2D eigenvalue weighted by Crippen LogP contribution is -2.33. The first-order chi connectivity index (χ1) is 8.25. The third kappa shape index (κ3) is 3.82. The topological polar surface area (TPSA) is 30.9 Å². The average molecular weight is 236 g/mol. The third-order valence-corrected chi connectivity index (χ3v) is 3.52. The van der Waals surface area contributed by atoms with Gasteiger partial charge in [0.1, 0.15) is 0 Å². The smallest absolute Gasteiger partial charge is 0.0656 e. The summed E-state index contributed by atoms with van der Waals surface area (Å²) >= 11 is 0. The molecule has 2 heterocycles. The number of rotatable bonds is 4. The van der Waals surface area contributed by atoms with Gasteiger partial charge in [-0.3, -0.25) is 5.01 Å². The highest BCUT2D eigenvalue weighted by Crippen LogP contribution is 2.08. The van der Waals surface area contributed by atoms with Crippen LogP contribution in [0.5, 0.6) is 0 Å². The average Bonchev–Trinajstić information content (AvgIpc) is 2.82. The van der Waals surface area contributed by atoms with E-state index in [1.54, 1.807) is 0 Å². The summed E-state index contributed by atoms with van der Waals surface area (Å²) in [5.74, 6) is 0. The summed E-state index contributed by atoms with van der Waals surface area (Å²) in [6.45, 7) is 10.7. The van der Waals surface area contributed by atoms with Gasteiger partial charge in [-0.05, 0) is 31.5 Å². The molecule has 2 fully saturated rings. The Morgan fingerprint density at radius 3 is 2.88 bits per heavy atom. The molecule has 96 valence electrons. The van der Waals surface area contributed by atoms with Crippen LogP contribution in [0.3, 0.4) is 0 Å². The van der Waals surface area contributed by atoms with Crippen molar-refractivity contribution in [3.05, 3.63) is 12.2 Å². The predicted molar refractivity (Wildman–Crippen MR) is 72.4 cm³/mol. The fraction of sp³-hybridized carbons (Fsp3) is 0.769. The first-order valence-corrected chi connectivity index (χ1v) is 6.65. The molecule has 2 saturated heterocycles. The third-order valence-electron chi connectivity index (χ3n) is 3.52. The van der Waals surface area contributed by atoms with Crippen LogP contribution in [-0.4, -0.2) is 61.9 Å². The second kappa shape index (κ2) is 6.17. The number of likely N-dealkylation sites (N-methyl/N-ethyl adjacent to an activating group) is 1. The first kappa shape index (κ1) is 12.6. The molecule has 2 aliphatic rings. The minimum Gasteiger partial charge on any atom is -0.312 e. The molecule has 0 aromatic heterocycles. The second-order valence-electron chi connectivity index (χ2n) is 5.01. The van der Waals surface area contributed by atoms with E-state index in [0.717, 1.165) is 38.2 Å². The monoisotopic (exact) mass is 236 g/mol. The summed E-state index contributed by atoms with van der Waals surface area (Å²) in [5.41, 5.74) is 2.32. The molecule has 0 aromatic carbocycles. The lowest BCUT2D eigenvalue weighted by Gasteiger charge is -2.23. The van der Waals surface area contributed by atoms with Gasteiger partial charge in [-0.1, -0.05) is 6.58 Å². The van der Waals surface area contributed by atoms with Gasteiger partial charge in [-0.15, -0.1) is 0 Å². The van der Waals surface area contributed by atoms with Crippen molar-refractivity contribution in [3.63, 3.8) is 0 Å². The van der Waals surface area contributed by atoms with Gasteiger partial charge in [0.05, 0.1) is 5.71 Å². The maximum atomic E-state index is 4.66. The number of piperidine rings is 1. The van der Waals surface area contributed by atoms with E-state index in [9.17, 15) is 0 Å². The van der Waals surface area contributed by atoms with Gasteiger partial charge in [0.25, 0.3) is 0 Å². The molecule has 0 aliphatic carbocycles. The van der Waals surface area contributed by atoms with E-state index in [4.69, 9.17) is 0 Å². The van der Waals surface area contributed by atoms with Crippen LogP contribution in [0.4, 0.5) is 0 Å². The summed E-state index contributed by atoms with van der Waals surface area (Å²) in [4.78, 5) is 2.52. The van der Waals surface area contributed by atoms with Gasteiger partial charge < -0.3 is 10.2 Å². The Balaban J connectivity index is 1.76. The lowest BCUT2D eigenvalue weighted by molar-refractivity contribution is 0.263. The number of nitrogens with zero attached hydrogens (tertiary/aromatic N) is 3. The van der Waals surface area contributed by atoms with Gasteiger partial charge in [-0.2, -0.15) is 5.10 Å². The van der Waals surface area contributed by atoms with E-state index in [1.165, 1.54) is 31.6 Å². The van der Waals surface area contributed by atoms with Crippen LogP contribution in [0.25, 0.3) is 0 Å². The van der Waals surface area contributed by atoms with Crippen molar-refractivity contribution in [1.82, 2.24) is 15.2 Å². The molecular weight excluding hydrogens is 212 g/mol. The quantitative estimate of drug-likeness (QED) is 0.736. The maximum Gasteiger partial charge on any atom is 0.0656 e. The number of hydrazone groups is 1. The fourth-order valence-corrected chi connectivity index (χ4v) is 2.39. The van der Waals surface area contributed by atoms with E-state index >= 15 is 0 Å². The Morgan fingerprint density at radius 1 is 1.41 bits per heavy atom. The molecule has 2 aliphatic heterocycles. The van der Waals surface area contributed by atoms with E-state index in [2.05, 4.69) is 34.0 Å². The van der Waals surface area contributed by atoms with Crippen molar-refractivity contribution in [1.29, 1.82) is 0 Å². The fourth-order valence-electron chi connectivity index (χ4n) is 2.39. The van der Waals surface area contributed by atoms with Crippen LogP contribution in [0.1, 0.15) is 19.3 Å². The Labute approximate surface area is 104 Å². The summed E-state index contributed by atoms with van der Waals surface area (Å²) in [6, 6.07) is 0. The van der Waals surface area contributed by atoms with E-state index in [-0.39, 0.29) is 0 Å². The van der Waals surface area contributed by atoms with Crippen LogP contribution in [0, 0.1) is 0 Å². The standard InChI is InChI=1S/C13H24N4/c1-12-11-14-6-5-13(12)15-16(2)9-10-17-7-3-4-8-17/h14H,1,3-11H2,2H3/b15-13-. The molecule has 0 aromatic rings. The van der Waals surface area contributed by atoms with Crippen molar-refractivity contribution in [2.45, 2.75) is 19.3 Å². The SMILES string of the molecule is C=C1CNCC/C1=N/N(C)CCN1CCCC1. The Bertz CT molecular complexity index is 292. The molecule has 1 N–H and O–H groups in total. The second-order valence-corrected chi connectivity index (χ2v) is 5.01. The van der Waals surface area contributed by atoms with Crippen molar-refractivity contribution < 1.29 is 0 Å². The van der Waals surface area contributed by atoms with Crippen LogP contribution < -0.4 is 5.32 Å². The normalized spacial score (nSPS) is 24.5. The highest BCUT2D eigenvalue weighted by molar-refractivity contribution is 6.00. The van der Waals surface area contributed by atoms with E-state index < -0.39 is 0 Å². The molecule has 4 heteroatoms. The molecule has 0 unspecified atom stereocenters. The van der Waals surface area contributed by atoms with Gasteiger partial charge in [0.15, 0.2) is 0 Å². The number of likely N-dealkylation sites (tertiary alicyclic amines) is 1. The van der Waals surface area contributed by atoms with Crippen molar-refractivity contribution in [2.75, 3.05) is 46.3 Å². The Morgan fingerprint density at radius 2 is 2.18 bits per heavy atom. The molecule has 0 spiro atoms. The highest BCUT2D eigenvalue weighted by atomic mass is 15.4. The van der Waals surface area contributed by atoms with Crippen LogP contribution in [0.15, 0.2) is 17.3 Å². The maximum absolute atomic E-state index is 4.66. The Hall–Kier alpha value is -0.870. The molecule has 2 rings (SSSR count). The highest BCUT2D eigenvalue weighted by Gasteiger charge is 2.13. The minimum atomic E-state index is 0.888. The van der Waals surface area contributed by atoms with Crippen molar-refractivity contribution in [3.8, 4) is 0 Å². The molecule has 0 saturated carbocycles. The molecule has 0 radical (unpaired) electrons. The molecule has 0 atom stereocenters. The van der Waals surface area contributed by atoms with Gasteiger partial charge in [-0.25, -0.2) is 0 Å². The number of hydrogen-bond donors (Lipinski definition) is 1. The Kier molecular flexibility index (Phi) is 4.57. The minimum absolute atomic E-state index is 0.888. The van der Waals surface area contributed by atoms with Gasteiger partial charge in [0, 0.05) is 39.6 Å². The zero-order chi connectivity index (χ0) is 12.1. The first-order valence-electron chi connectivity index (χ1n) is 6.65. The number of hydrogen-bond acceptors (Lipinski definition) is 4. The largest absolute Gasteiger partial charge is 0.312 e. The summed E-state index contributed by atoms with van der Waals surface area (Å²) in [5, 5.41) is 10.0. The summed E-state index contributed by atoms with van der Waals surface area (Å²) < 4.78 is 0. The molecule has 0 bridgehead atoms. The van der Waals surface area contributed by atoms with Crippen LogP contribution in [0.2, 0.25) is 0 Å². The van der Waals surface area contributed by atoms with Crippen LogP contribution >= 0.6 is 0 Å². The lowest BCUT2D eigenvalue weighted by atomic mass is 10.1. The zero-order valence-corrected chi connectivity index (χ0v) is 10.9. The zero-order valence-electron chi connectivity index (χ0n) is 10.9. The summed E-state index contributed by atoms with van der Waals surface area (Å²) in [6.07, 6.45) is 3.73. The molecule has 4 nitrogen and oxygen atoms in total. The van der Waals surface area contributed by atoms with Gasteiger partial charge in [0.2, 0.25) is 0 Å². The van der Waals surface area contributed by atoms with E-state index in [1.807, 2.05) is 0 Å². The summed E-state index contributed by atoms with van der Waals surface area (Å²) in [7, 11) is 2.07. The molecular formula is C13H24N4. The van der Waals surface area contributed by atoms with E-state index in [0.29, 0.717) is 0 Å². The van der Waals surface area contributed by atoms with Gasteiger partial charge >= 0.3 is 0 Å². The molecule has 0 amide bonds.